The molecule has 1 heterocycles. The molecule has 0 atom stereocenters. The first-order valence-corrected chi connectivity index (χ1v) is 8.28. The number of aromatic amines is 1. The van der Waals surface area contributed by atoms with E-state index in [4.69, 9.17) is 0 Å². The van der Waals surface area contributed by atoms with Crippen molar-refractivity contribution in [2.45, 2.75) is 22.9 Å². The van der Waals surface area contributed by atoms with Crippen molar-refractivity contribution < 1.29 is 28.0 Å². The van der Waals surface area contributed by atoms with E-state index in [9.17, 15) is 33.2 Å². The number of rotatable bonds is 4. The molecular weight excluding hydrogens is 385 g/mol. The van der Waals surface area contributed by atoms with Gasteiger partial charge in [-0.05, 0) is 30.7 Å². The Labute approximate surface area is 154 Å². The van der Waals surface area contributed by atoms with Crippen molar-refractivity contribution in [1.82, 2.24) is 4.98 Å². The minimum Gasteiger partial charge on any atom is -0.477 e. The molecule has 2 aromatic carbocycles. The van der Waals surface area contributed by atoms with Crippen LogP contribution in [0.4, 0.5) is 18.9 Å². The number of carboxylic acids is 1. The number of aromatic carboxylic acids is 1. The predicted octanol–water partition coefficient (Wildman–Crippen LogP) is 5.25. The minimum absolute atomic E-state index is 0.0861. The lowest BCUT2D eigenvalue weighted by atomic mass is 10.2. The molecule has 3 aromatic rings. The molecule has 0 bridgehead atoms. The first-order chi connectivity index (χ1) is 12.6. The molecule has 3 rings (SSSR count). The van der Waals surface area contributed by atoms with Crippen molar-refractivity contribution in [3.05, 3.63) is 63.3 Å². The summed E-state index contributed by atoms with van der Waals surface area (Å²) >= 11 is 0.738. The molecule has 140 valence electrons. The van der Waals surface area contributed by atoms with Crippen LogP contribution < -0.4 is 0 Å². The second-order valence-electron chi connectivity index (χ2n) is 5.72. The highest BCUT2D eigenvalue weighted by molar-refractivity contribution is 7.99. The first kappa shape index (κ1) is 18.8. The number of carboxylic acid groups (broad SMARTS) is 1. The van der Waals surface area contributed by atoms with E-state index in [-0.39, 0.29) is 15.5 Å². The van der Waals surface area contributed by atoms with Crippen LogP contribution in [0.1, 0.15) is 21.6 Å². The van der Waals surface area contributed by atoms with E-state index >= 15 is 0 Å². The Morgan fingerprint density at radius 3 is 2.52 bits per heavy atom. The molecule has 1 aromatic heterocycles. The Kier molecular flexibility index (Phi) is 4.60. The smallest absolute Gasteiger partial charge is 0.416 e. The van der Waals surface area contributed by atoms with Crippen molar-refractivity contribution in [2.75, 3.05) is 0 Å². The molecule has 0 saturated carbocycles. The fourth-order valence-electron chi connectivity index (χ4n) is 2.57. The molecule has 0 spiro atoms. The normalized spacial score (nSPS) is 11.7. The average molecular weight is 396 g/mol. The van der Waals surface area contributed by atoms with Gasteiger partial charge < -0.3 is 10.1 Å². The molecular formula is C17H11F3N2O4S. The molecule has 0 amide bonds. The summed E-state index contributed by atoms with van der Waals surface area (Å²) in [5.41, 5.74) is -0.684. The molecule has 0 radical (unpaired) electrons. The van der Waals surface area contributed by atoms with Gasteiger partial charge >= 0.3 is 12.1 Å². The zero-order chi connectivity index (χ0) is 19.9. The number of halogens is 3. The lowest BCUT2D eigenvalue weighted by Gasteiger charge is -2.09. The number of nitro groups is 1. The average Bonchev–Trinajstić information content (AvgIpc) is 2.92. The summed E-state index contributed by atoms with van der Waals surface area (Å²) in [6.07, 6.45) is -4.72. The van der Waals surface area contributed by atoms with Gasteiger partial charge in [0.1, 0.15) is 5.69 Å². The van der Waals surface area contributed by atoms with Crippen LogP contribution in [0.2, 0.25) is 0 Å². The van der Waals surface area contributed by atoms with Crippen molar-refractivity contribution in [2.24, 2.45) is 0 Å². The van der Waals surface area contributed by atoms with Gasteiger partial charge in [-0.2, -0.15) is 13.2 Å². The van der Waals surface area contributed by atoms with E-state index in [1.807, 2.05) is 6.92 Å². The van der Waals surface area contributed by atoms with Crippen molar-refractivity contribution in [1.29, 1.82) is 0 Å². The van der Waals surface area contributed by atoms with Crippen molar-refractivity contribution in [3.8, 4) is 0 Å². The van der Waals surface area contributed by atoms with Gasteiger partial charge in [0.2, 0.25) is 0 Å². The number of hydrogen-bond donors (Lipinski definition) is 2. The molecule has 0 fully saturated rings. The molecule has 0 aliphatic carbocycles. The number of carbonyl (C=O) groups is 1. The van der Waals surface area contributed by atoms with Crippen LogP contribution in [0, 0.1) is 17.0 Å². The predicted molar refractivity (Wildman–Crippen MR) is 92.2 cm³/mol. The van der Waals surface area contributed by atoms with Crippen LogP contribution in [0.3, 0.4) is 0 Å². The van der Waals surface area contributed by atoms with Gasteiger partial charge in [-0.15, -0.1) is 0 Å². The Morgan fingerprint density at radius 1 is 1.22 bits per heavy atom. The van der Waals surface area contributed by atoms with Gasteiger partial charge in [0.15, 0.2) is 0 Å². The molecule has 0 unspecified atom stereocenters. The van der Waals surface area contributed by atoms with E-state index in [1.165, 1.54) is 0 Å². The molecule has 27 heavy (non-hydrogen) atoms. The molecule has 6 nitrogen and oxygen atoms in total. The first-order valence-electron chi connectivity index (χ1n) is 7.47. The van der Waals surface area contributed by atoms with Gasteiger partial charge in [0.25, 0.3) is 5.69 Å². The maximum absolute atomic E-state index is 12.8. The maximum Gasteiger partial charge on any atom is 0.416 e. The van der Waals surface area contributed by atoms with E-state index < -0.39 is 28.3 Å². The van der Waals surface area contributed by atoms with Gasteiger partial charge in [0, 0.05) is 17.0 Å². The van der Waals surface area contributed by atoms with Crippen molar-refractivity contribution in [3.63, 3.8) is 0 Å². The molecule has 2 N–H and O–H groups in total. The van der Waals surface area contributed by atoms with Gasteiger partial charge in [-0.1, -0.05) is 23.9 Å². The third-order valence-electron chi connectivity index (χ3n) is 3.82. The third-order valence-corrected chi connectivity index (χ3v) is 5.01. The van der Waals surface area contributed by atoms with Gasteiger partial charge in [0.05, 0.1) is 20.3 Å². The highest BCUT2D eigenvalue weighted by Crippen LogP contribution is 2.42. The number of nitro benzene ring substituents is 1. The Hall–Kier alpha value is -3.01. The number of fused-ring (bicyclic) bond motifs is 1. The van der Waals surface area contributed by atoms with Crippen LogP contribution >= 0.6 is 11.8 Å². The number of nitrogens with zero attached hydrogens (tertiary/aromatic N) is 1. The number of benzene rings is 2. The van der Waals surface area contributed by atoms with Crippen molar-refractivity contribution >= 4 is 34.3 Å². The minimum atomic E-state index is -4.72. The Bertz CT molecular complexity index is 1080. The summed E-state index contributed by atoms with van der Waals surface area (Å²) < 4.78 is 38.5. The summed E-state index contributed by atoms with van der Waals surface area (Å²) in [5, 5.41) is 21.2. The largest absolute Gasteiger partial charge is 0.477 e. The number of alkyl halides is 3. The van der Waals surface area contributed by atoms with Crippen LogP contribution in [0.25, 0.3) is 10.9 Å². The van der Waals surface area contributed by atoms with E-state index in [0.29, 0.717) is 17.0 Å². The maximum atomic E-state index is 12.8. The standard InChI is InChI=1S/C17H11F3N2O4S/c1-8-2-4-10-11(6-8)21-14(16(23)24)15(10)27-13-5-3-9(17(18,19)20)7-12(13)22(25)26/h2-7,21H,1H3,(H,23,24). The summed E-state index contributed by atoms with van der Waals surface area (Å²) in [6.45, 7) is 1.81. The second-order valence-corrected chi connectivity index (χ2v) is 6.77. The number of hydrogen-bond acceptors (Lipinski definition) is 4. The second kappa shape index (κ2) is 6.62. The van der Waals surface area contributed by atoms with Crippen LogP contribution in [-0.4, -0.2) is 21.0 Å². The number of aryl methyl sites for hydroxylation is 1. The van der Waals surface area contributed by atoms with E-state index in [1.54, 1.807) is 18.2 Å². The number of H-pyrrole nitrogens is 1. The summed E-state index contributed by atoms with van der Waals surface area (Å²) in [7, 11) is 0. The quantitative estimate of drug-likeness (QED) is 0.464. The lowest BCUT2D eigenvalue weighted by Crippen LogP contribution is -2.06. The summed E-state index contributed by atoms with van der Waals surface area (Å²) in [6, 6.07) is 7.27. The van der Waals surface area contributed by atoms with Crippen LogP contribution in [0.5, 0.6) is 0 Å². The number of aromatic nitrogens is 1. The SMILES string of the molecule is Cc1ccc2c(Sc3ccc(C(F)(F)F)cc3[N+](=O)[O-])c(C(=O)O)[nH]c2c1. The van der Waals surface area contributed by atoms with Crippen LogP contribution in [-0.2, 0) is 6.18 Å². The monoisotopic (exact) mass is 396 g/mol. The number of nitrogens with one attached hydrogen (secondary N) is 1. The van der Waals surface area contributed by atoms with E-state index in [2.05, 4.69) is 4.98 Å². The fraction of sp³-hybridized carbons (Fsp3) is 0.118. The highest BCUT2D eigenvalue weighted by atomic mass is 32.2. The zero-order valence-electron chi connectivity index (χ0n) is 13.6. The Balaban J connectivity index is 2.16. The lowest BCUT2D eigenvalue weighted by molar-refractivity contribution is -0.388. The topological polar surface area (TPSA) is 96.2 Å². The Morgan fingerprint density at radius 2 is 1.93 bits per heavy atom. The van der Waals surface area contributed by atoms with Crippen LogP contribution in [0.15, 0.2) is 46.2 Å². The summed E-state index contributed by atoms with van der Waals surface area (Å²) in [5.74, 6) is -1.28. The summed E-state index contributed by atoms with van der Waals surface area (Å²) in [4.78, 5) is 24.7. The van der Waals surface area contributed by atoms with Gasteiger partial charge in [-0.25, -0.2) is 4.79 Å². The molecule has 0 aliphatic rings. The van der Waals surface area contributed by atoms with E-state index in [0.717, 1.165) is 29.5 Å². The highest BCUT2D eigenvalue weighted by Gasteiger charge is 2.33. The molecule has 0 saturated heterocycles. The molecule has 10 heteroatoms. The molecule has 0 aliphatic heterocycles. The third kappa shape index (κ3) is 3.61. The fourth-order valence-corrected chi connectivity index (χ4v) is 3.70. The zero-order valence-corrected chi connectivity index (χ0v) is 14.4. The van der Waals surface area contributed by atoms with Gasteiger partial charge in [-0.3, -0.25) is 10.1 Å².